The minimum Gasteiger partial charge on any atom is -0.494 e. The fourth-order valence-corrected chi connectivity index (χ4v) is 7.21. The van der Waals surface area contributed by atoms with E-state index in [1.165, 1.54) is 37.3 Å². The lowest BCUT2D eigenvalue weighted by atomic mass is 10.1. The number of rotatable bonds is 14. The molecular weight excluding hydrogens is 653 g/mol. The van der Waals surface area contributed by atoms with Gasteiger partial charge in [0, 0.05) is 28.7 Å². The molecule has 0 saturated heterocycles. The van der Waals surface area contributed by atoms with E-state index in [0.717, 1.165) is 30.0 Å². The highest BCUT2D eigenvalue weighted by atomic mass is 35.5. The molecule has 0 aromatic heterocycles. The molecule has 3 aromatic carbocycles. The number of benzene rings is 3. The number of carbonyl (C=O) groups is 2. The average Bonchev–Trinajstić information content (AvgIpc) is 3.56. The Morgan fingerprint density at radius 2 is 1.63 bits per heavy atom. The van der Waals surface area contributed by atoms with Crippen LogP contribution in [0.2, 0.25) is 10.0 Å². The zero-order valence-corrected chi connectivity index (χ0v) is 28.6. The molecular formula is C33H39Cl2N3O7S. The number of halogens is 2. The molecule has 1 atom stereocenters. The lowest BCUT2D eigenvalue weighted by molar-refractivity contribution is -0.139. The summed E-state index contributed by atoms with van der Waals surface area (Å²) >= 11 is 12.6. The van der Waals surface area contributed by atoms with E-state index in [1.54, 1.807) is 49.4 Å². The van der Waals surface area contributed by atoms with Crippen LogP contribution < -0.4 is 23.8 Å². The van der Waals surface area contributed by atoms with Crippen LogP contribution in [0.5, 0.6) is 17.2 Å². The third-order valence-electron chi connectivity index (χ3n) is 7.88. The van der Waals surface area contributed by atoms with Gasteiger partial charge in [0.25, 0.3) is 10.0 Å². The normalized spacial score (nSPS) is 14.0. The van der Waals surface area contributed by atoms with Crippen LogP contribution in [0.15, 0.2) is 65.6 Å². The summed E-state index contributed by atoms with van der Waals surface area (Å²) in [6, 6.07) is 14.5. The molecule has 0 spiro atoms. The maximum atomic E-state index is 14.3. The van der Waals surface area contributed by atoms with E-state index in [2.05, 4.69) is 5.32 Å². The van der Waals surface area contributed by atoms with Gasteiger partial charge in [-0.2, -0.15) is 0 Å². The topological polar surface area (TPSA) is 114 Å². The zero-order chi connectivity index (χ0) is 33.4. The van der Waals surface area contributed by atoms with Crippen molar-refractivity contribution in [1.29, 1.82) is 0 Å². The van der Waals surface area contributed by atoms with Crippen LogP contribution in [0, 0.1) is 0 Å². The van der Waals surface area contributed by atoms with E-state index >= 15 is 0 Å². The first-order chi connectivity index (χ1) is 22.0. The fraction of sp³-hybridized carbons (Fsp3) is 0.394. The van der Waals surface area contributed by atoms with Crippen LogP contribution in [0.4, 0.5) is 5.69 Å². The Kier molecular flexibility index (Phi) is 12.0. The molecule has 1 saturated carbocycles. The van der Waals surface area contributed by atoms with E-state index < -0.39 is 28.5 Å². The SMILES string of the molecule is CCOc1ccc(N(CC(=O)N(Cc2ccc(Cl)cc2Cl)[C@H](C)C(=O)NC2CCCC2)S(=O)(=O)c2ccc(OC)c(OC)c2)cc1. The lowest BCUT2D eigenvalue weighted by Gasteiger charge is -2.32. The highest BCUT2D eigenvalue weighted by molar-refractivity contribution is 7.92. The molecule has 0 radical (unpaired) electrons. The number of anilines is 1. The van der Waals surface area contributed by atoms with Crippen molar-refractivity contribution in [3.05, 3.63) is 76.3 Å². The largest absolute Gasteiger partial charge is 0.494 e. The quantitative estimate of drug-likeness (QED) is 0.218. The summed E-state index contributed by atoms with van der Waals surface area (Å²) in [6.07, 6.45) is 3.77. The number of hydrogen-bond donors (Lipinski definition) is 1. The minimum absolute atomic E-state index is 0.0248. The van der Waals surface area contributed by atoms with Crippen molar-refractivity contribution in [2.24, 2.45) is 0 Å². The molecule has 0 heterocycles. The van der Waals surface area contributed by atoms with Crippen LogP contribution in [0.25, 0.3) is 0 Å². The van der Waals surface area contributed by atoms with E-state index in [4.69, 9.17) is 37.4 Å². The maximum Gasteiger partial charge on any atom is 0.264 e. The van der Waals surface area contributed by atoms with Gasteiger partial charge in [0.15, 0.2) is 11.5 Å². The van der Waals surface area contributed by atoms with Gasteiger partial charge in [-0.3, -0.25) is 13.9 Å². The molecule has 3 aromatic rings. The van der Waals surface area contributed by atoms with Gasteiger partial charge in [0.2, 0.25) is 11.8 Å². The van der Waals surface area contributed by atoms with Gasteiger partial charge in [-0.05, 0) is 80.8 Å². The summed E-state index contributed by atoms with van der Waals surface area (Å²) in [7, 11) is -1.50. The highest BCUT2D eigenvalue weighted by Crippen LogP contribution is 2.33. The number of ether oxygens (including phenoxy) is 3. The highest BCUT2D eigenvalue weighted by Gasteiger charge is 2.34. The molecule has 10 nitrogen and oxygen atoms in total. The minimum atomic E-state index is -4.35. The Bertz CT molecular complexity index is 1630. The average molecular weight is 693 g/mol. The van der Waals surface area contributed by atoms with Crippen LogP contribution in [0.3, 0.4) is 0 Å². The molecule has 1 N–H and O–H groups in total. The third-order valence-corrected chi connectivity index (χ3v) is 10.2. The number of nitrogens with one attached hydrogen (secondary N) is 1. The monoisotopic (exact) mass is 691 g/mol. The van der Waals surface area contributed by atoms with Crippen molar-refractivity contribution >= 4 is 50.7 Å². The van der Waals surface area contributed by atoms with E-state index in [0.29, 0.717) is 33.7 Å². The molecule has 46 heavy (non-hydrogen) atoms. The first kappa shape index (κ1) is 35.2. The van der Waals surface area contributed by atoms with Crippen molar-refractivity contribution in [3.63, 3.8) is 0 Å². The Hall–Kier alpha value is -3.67. The molecule has 1 aliphatic rings. The molecule has 248 valence electrons. The molecule has 1 fully saturated rings. The second-order valence-corrected chi connectivity index (χ2v) is 13.6. The van der Waals surface area contributed by atoms with Crippen molar-refractivity contribution in [1.82, 2.24) is 10.2 Å². The van der Waals surface area contributed by atoms with Crippen LogP contribution in [-0.4, -0.2) is 64.6 Å². The molecule has 4 rings (SSSR count). The van der Waals surface area contributed by atoms with Gasteiger partial charge < -0.3 is 24.4 Å². The smallest absolute Gasteiger partial charge is 0.264 e. The summed E-state index contributed by atoms with van der Waals surface area (Å²) < 4.78 is 45.7. The first-order valence-electron chi connectivity index (χ1n) is 15.0. The first-order valence-corrected chi connectivity index (χ1v) is 17.2. The summed E-state index contributed by atoms with van der Waals surface area (Å²) in [6.45, 7) is 3.22. The van der Waals surface area contributed by atoms with Gasteiger partial charge in [0.1, 0.15) is 18.3 Å². The van der Waals surface area contributed by atoms with Crippen molar-refractivity contribution in [3.8, 4) is 17.2 Å². The number of sulfonamides is 1. The summed E-state index contributed by atoms with van der Waals surface area (Å²) in [5, 5.41) is 3.78. The second-order valence-electron chi connectivity index (χ2n) is 10.9. The van der Waals surface area contributed by atoms with Crippen molar-refractivity contribution in [2.45, 2.75) is 63.1 Å². The molecule has 13 heteroatoms. The van der Waals surface area contributed by atoms with E-state index in [-0.39, 0.29) is 34.8 Å². The number of carbonyl (C=O) groups excluding carboxylic acids is 2. The van der Waals surface area contributed by atoms with Crippen LogP contribution in [-0.2, 0) is 26.2 Å². The zero-order valence-electron chi connectivity index (χ0n) is 26.3. The van der Waals surface area contributed by atoms with Gasteiger partial charge in [0.05, 0.1) is 31.4 Å². The Morgan fingerprint density at radius 1 is 0.957 bits per heavy atom. The number of methoxy groups -OCH3 is 2. The predicted molar refractivity (Wildman–Crippen MR) is 179 cm³/mol. The van der Waals surface area contributed by atoms with Crippen LogP contribution in [0.1, 0.15) is 45.1 Å². The molecule has 2 amide bonds. The third kappa shape index (κ3) is 8.37. The van der Waals surface area contributed by atoms with Crippen molar-refractivity contribution < 1.29 is 32.2 Å². The standard InChI is InChI=1S/C33H39Cl2N3O7S/c1-5-45-27-14-12-26(13-15-27)38(46(41,42)28-16-17-30(43-3)31(19-28)44-4)21-32(39)37(20-23-10-11-24(34)18-29(23)35)22(2)33(40)36-25-8-6-7-9-25/h10-19,22,25H,5-9,20-21H2,1-4H3,(H,36,40)/t22-/m1/s1. The fourth-order valence-electron chi connectivity index (χ4n) is 5.32. The van der Waals surface area contributed by atoms with Crippen LogP contribution >= 0.6 is 23.2 Å². The molecule has 0 bridgehead atoms. The Labute approximate surface area is 280 Å². The second kappa shape index (κ2) is 15.8. The van der Waals surface area contributed by atoms with Gasteiger partial charge in [-0.15, -0.1) is 0 Å². The number of hydrogen-bond acceptors (Lipinski definition) is 7. The lowest BCUT2D eigenvalue weighted by Crippen LogP contribution is -2.52. The van der Waals surface area contributed by atoms with E-state index in [9.17, 15) is 18.0 Å². The number of amides is 2. The molecule has 1 aliphatic carbocycles. The Balaban J connectivity index is 1.74. The van der Waals surface area contributed by atoms with Crippen molar-refractivity contribution in [2.75, 3.05) is 31.7 Å². The van der Waals surface area contributed by atoms with E-state index in [1.807, 2.05) is 6.92 Å². The number of nitrogens with zero attached hydrogens (tertiary/aromatic N) is 2. The summed E-state index contributed by atoms with van der Waals surface area (Å²) in [5.41, 5.74) is 0.773. The van der Waals surface area contributed by atoms with Gasteiger partial charge >= 0.3 is 0 Å². The summed E-state index contributed by atoms with van der Waals surface area (Å²) in [5.74, 6) is 0.145. The van der Waals surface area contributed by atoms with Gasteiger partial charge in [-0.1, -0.05) is 42.1 Å². The van der Waals surface area contributed by atoms with Gasteiger partial charge in [-0.25, -0.2) is 8.42 Å². The molecule has 0 aliphatic heterocycles. The Morgan fingerprint density at radius 3 is 2.24 bits per heavy atom. The molecule has 0 unspecified atom stereocenters. The summed E-state index contributed by atoms with van der Waals surface area (Å²) in [4.78, 5) is 28.9. The predicted octanol–water partition coefficient (Wildman–Crippen LogP) is 6.08. The maximum absolute atomic E-state index is 14.3.